The van der Waals surface area contributed by atoms with Gasteiger partial charge in [-0.05, 0) is 45.9 Å². The van der Waals surface area contributed by atoms with Crippen LogP contribution in [-0.4, -0.2) is 35.1 Å². The van der Waals surface area contributed by atoms with Crippen molar-refractivity contribution in [1.82, 2.24) is 9.97 Å². The summed E-state index contributed by atoms with van der Waals surface area (Å²) in [4.78, 5) is 34.6. The molecule has 1 unspecified atom stereocenters. The van der Waals surface area contributed by atoms with Crippen molar-refractivity contribution in [2.24, 2.45) is 5.73 Å². The fourth-order valence-electron chi connectivity index (χ4n) is 3.92. The number of nitrogens with two attached hydrogens (primary N) is 1. The van der Waals surface area contributed by atoms with Crippen LogP contribution in [0.5, 0.6) is 0 Å². The lowest BCUT2D eigenvalue weighted by molar-refractivity contribution is -0.140. The molecule has 1 aromatic carbocycles. The van der Waals surface area contributed by atoms with Crippen LogP contribution in [0.25, 0.3) is 0 Å². The number of aryl methyl sites for hydroxylation is 1. The lowest BCUT2D eigenvalue weighted by atomic mass is 9.82. The highest BCUT2D eigenvalue weighted by Crippen LogP contribution is 2.44. The van der Waals surface area contributed by atoms with Crippen molar-refractivity contribution in [2.45, 2.75) is 39.8 Å². The van der Waals surface area contributed by atoms with Gasteiger partial charge in [0, 0.05) is 17.1 Å². The number of carbonyl (C=O) groups excluding carboxylic acids is 2. The summed E-state index contributed by atoms with van der Waals surface area (Å²) in [5.41, 5.74) is 6.54. The second-order valence-electron chi connectivity index (χ2n) is 7.47. The van der Waals surface area contributed by atoms with E-state index >= 15 is 0 Å². The smallest absolute Gasteiger partial charge is 0.416 e. The first-order valence-electron chi connectivity index (χ1n) is 10.5. The Morgan fingerprint density at radius 3 is 2.26 bits per heavy atom. The second-order valence-corrected chi connectivity index (χ2v) is 7.47. The number of benzene rings is 1. The van der Waals surface area contributed by atoms with Gasteiger partial charge in [0.25, 0.3) is 0 Å². The van der Waals surface area contributed by atoms with Gasteiger partial charge >= 0.3 is 18.1 Å². The van der Waals surface area contributed by atoms with Gasteiger partial charge in [0.2, 0.25) is 0 Å². The van der Waals surface area contributed by atoms with E-state index in [9.17, 15) is 22.8 Å². The van der Waals surface area contributed by atoms with E-state index in [2.05, 4.69) is 9.97 Å². The highest BCUT2D eigenvalue weighted by Gasteiger charge is 2.43. The van der Waals surface area contributed by atoms with E-state index in [1.54, 1.807) is 20.8 Å². The number of nitrogens with zero attached hydrogens (tertiary/aromatic N) is 2. The predicted octanol–water partition coefficient (Wildman–Crippen LogP) is 3.91. The maximum atomic E-state index is 13.4. The van der Waals surface area contributed by atoms with Crippen LogP contribution in [-0.2, 0) is 25.2 Å². The second kappa shape index (κ2) is 9.62. The summed E-state index contributed by atoms with van der Waals surface area (Å²) >= 11 is 0. The first-order chi connectivity index (χ1) is 16.0. The van der Waals surface area contributed by atoms with Gasteiger partial charge in [-0.3, -0.25) is 0 Å². The molecule has 0 spiro atoms. The fraction of sp³-hybridized carbons (Fsp3) is 0.348. The van der Waals surface area contributed by atoms with E-state index in [1.165, 1.54) is 30.3 Å². The van der Waals surface area contributed by atoms with Gasteiger partial charge in [-0.25, -0.2) is 14.6 Å². The minimum Gasteiger partial charge on any atom is -0.463 e. The van der Waals surface area contributed by atoms with E-state index in [1.807, 2.05) is 0 Å². The molecule has 34 heavy (non-hydrogen) atoms. The van der Waals surface area contributed by atoms with E-state index < -0.39 is 29.6 Å². The molecule has 1 atom stereocenters. The Balaban J connectivity index is 2.34. The van der Waals surface area contributed by atoms with Crippen molar-refractivity contribution in [3.63, 3.8) is 0 Å². The van der Waals surface area contributed by atoms with Gasteiger partial charge in [-0.15, -0.1) is 0 Å². The Kier molecular flexibility index (Phi) is 7.04. The molecule has 1 aliphatic rings. The van der Waals surface area contributed by atoms with Crippen LogP contribution in [0, 0.1) is 6.92 Å². The van der Waals surface area contributed by atoms with Crippen molar-refractivity contribution in [2.75, 3.05) is 18.1 Å². The molecule has 0 aliphatic carbocycles. The molecule has 1 aliphatic heterocycles. The molecule has 3 N–H and O–H groups in total. The molecule has 0 saturated heterocycles. The highest BCUT2D eigenvalue weighted by atomic mass is 19.4. The van der Waals surface area contributed by atoms with Crippen LogP contribution in [0.4, 0.5) is 18.9 Å². The number of nitrogens with one attached hydrogen (secondary N) is 1. The standard InChI is InChI=1S/C23H25F3N4O4/c1-5-33-21(31)16-13(4)30(15-9-7-8-14(10-15)23(24,25)26)20(27)18(22(32)34-6-2)17(16)19-12(3)28-11-29-19/h7-11,17H,5-6,27H2,1-4H3,(H,28,29). The third-order valence-electron chi connectivity index (χ3n) is 5.38. The first kappa shape index (κ1) is 24.9. The summed E-state index contributed by atoms with van der Waals surface area (Å²) in [5, 5.41) is 0. The Morgan fingerprint density at radius 1 is 1.12 bits per heavy atom. The lowest BCUT2D eigenvalue weighted by Crippen LogP contribution is -2.39. The summed E-state index contributed by atoms with van der Waals surface area (Å²) < 4.78 is 50.7. The Labute approximate surface area is 194 Å². The number of anilines is 1. The minimum absolute atomic E-state index is 0.0167. The number of imidazole rings is 1. The summed E-state index contributed by atoms with van der Waals surface area (Å²) in [6, 6.07) is 4.43. The number of aromatic amines is 1. The largest absolute Gasteiger partial charge is 0.463 e. The van der Waals surface area contributed by atoms with Gasteiger partial charge in [-0.2, -0.15) is 13.2 Å². The van der Waals surface area contributed by atoms with E-state index in [0.29, 0.717) is 11.4 Å². The number of alkyl halides is 3. The molecule has 1 aromatic heterocycles. The molecule has 0 bridgehead atoms. The average Bonchev–Trinajstić information content (AvgIpc) is 3.18. The zero-order valence-electron chi connectivity index (χ0n) is 19.1. The predicted molar refractivity (Wildman–Crippen MR) is 117 cm³/mol. The van der Waals surface area contributed by atoms with E-state index in [4.69, 9.17) is 15.2 Å². The normalized spacial score (nSPS) is 16.7. The minimum atomic E-state index is -4.61. The monoisotopic (exact) mass is 478 g/mol. The van der Waals surface area contributed by atoms with Crippen molar-refractivity contribution < 1.29 is 32.2 Å². The molecule has 2 heterocycles. The number of halogens is 3. The molecule has 11 heteroatoms. The number of esters is 2. The van der Waals surface area contributed by atoms with Crippen LogP contribution >= 0.6 is 0 Å². The average molecular weight is 478 g/mol. The molecule has 0 fully saturated rings. The van der Waals surface area contributed by atoms with Gasteiger partial charge in [-0.1, -0.05) is 6.07 Å². The number of aromatic nitrogens is 2. The molecule has 0 radical (unpaired) electrons. The fourth-order valence-corrected chi connectivity index (χ4v) is 3.92. The first-order valence-corrected chi connectivity index (χ1v) is 10.5. The summed E-state index contributed by atoms with van der Waals surface area (Å²) in [6.45, 7) is 6.51. The number of H-pyrrole nitrogens is 1. The summed E-state index contributed by atoms with van der Waals surface area (Å²) in [7, 11) is 0. The van der Waals surface area contributed by atoms with Crippen LogP contribution in [0.3, 0.4) is 0 Å². The lowest BCUT2D eigenvalue weighted by Gasteiger charge is -2.37. The highest BCUT2D eigenvalue weighted by molar-refractivity contribution is 6.01. The van der Waals surface area contributed by atoms with E-state index in [-0.39, 0.29) is 41.6 Å². The maximum absolute atomic E-state index is 13.4. The van der Waals surface area contributed by atoms with Gasteiger partial charge < -0.3 is 25.1 Å². The number of rotatable bonds is 6. The molecule has 2 aromatic rings. The summed E-state index contributed by atoms with van der Waals surface area (Å²) in [5.74, 6) is -2.79. The molecule has 0 amide bonds. The zero-order chi connectivity index (χ0) is 25.2. The van der Waals surface area contributed by atoms with Gasteiger partial charge in [0.15, 0.2) is 0 Å². The van der Waals surface area contributed by atoms with Crippen LogP contribution in [0.1, 0.15) is 43.6 Å². The van der Waals surface area contributed by atoms with Crippen LogP contribution in [0.15, 0.2) is 53.3 Å². The molecule has 3 rings (SSSR count). The Morgan fingerprint density at radius 2 is 1.74 bits per heavy atom. The number of allylic oxidation sites excluding steroid dienone is 1. The molecule has 0 saturated carbocycles. The van der Waals surface area contributed by atoms with Gasteiger partial charge in [0.05, 0.1) is 47.9 Å². The van der Waals surface area contributed by atoms with Gasteiger partial charge in [0.1, 0.15) is 5.82 Å². The molecular weight excluding hydrogens is 453 g/mol. The molecular formula is C23H25F3N4O4. The Bertz CT molecular complexity index is 1120. The zero-order valence-corrected chi connectivity index (χ0v) is 19.1. The van der Waals surface area contributed by atoms with Crippen molar-refractivity contribution in [3.05, 3.63) is 70.2 Å². The van der Waals surface area contributed by atoms with Crippen molar-refractivity contribution in [1.29, 1.82) is 0 Å². The van der Waals surface area contributed by atoms with Crippen molar-refractivity contribution in [3.8, 4) is 0 Å². The van der Waals surface area contributed by atoms with E-state index in [0.717, 1.165) is 12.1 Å². The van der Waals surface area contributed by atoms with Crippen LogP contribution < -0.4 is 10.6 Å². The quantitative estimate of drug-likeness (QED) is 0.606. The SMILES string of the molecule is CCOC(=O)C1=C(C)N(c2cccc(C(F)(F)F)c2)C(N)=C(C(=O)OCC)C1c1nc[nH]c1C. The number of ether oxygens (including phenoxy) is 2. The topological polar surface area (TPSA) is 111 Å². The third kappa shape index (κ3) is 4.50. The molecule has 8 nitrogen and oxygen atoms in total. The maximum Gasteiger partial charge on any atom is 0.416 e. The Hall–Kier alpha value is -3.76. The molecule has 182 valence electrons. The van der Waals surface area contributed by atoms with Crippen LogP contribution in [0.2, 0.25) is 0 Å². The number of hydrogen-bond acceptors (Lipinski definition) is 7. The summed E-state index contributed by atoms with van der Waals surface area (Å²) in [6.07, 6.45) is -3.20. The number of hydrogen-bond donors (Lipinski definition) is 2. The third-order valence-corrected chi connectivity index (χ3v) is 5.38. The number of carbonyl (C=O) groups is 2. The van der Waals surface area contributed by atoms with Crippen molar-refractivity contribution >= 4 is 17.6 Å².